The Hall–Kier alpha value is -1.40. The van der Waals surface area contributed by atoms with E-state index in [1.54, 1.807) is 0 Å². The molecule has 18 heavy (non-hydrogen) atoms. The first kappa shape index (κ1) is 13.0. The summed E-state index contributed by atoms with van der Waals surface area (Å²) in [4.78, 5) is 2.14. The van der Waals surface area contributed by atoms with E-state index in [1.165, 1.54) is 6.07 Å². The number of anilines is 1. The highest BCUT2D eigenvalue weighted by Gasteiger charge is 2.14. The molecule has 0 radical (unpaired) electrons. The molecule has 0 aliphatic carbocycles. The molecular formula is C12H16F2N2O2. The van der Waals surface area contributed by atoms with Gasteiger partial charge >= 0.3 is 0 Å². The highest BCUT2D eigenvalue weighted by Crippen LogP contribution is 2.26. The van der Waals surface area contributed by atoms with Crippen LogP contribution >= 0.6 is 0 Å². The van der Waals surface area contributed by atoms with Crippen molar-refractivity contribution in [3.05, 3.63) is 23.8 Å². The number of hydrogen-bond donors (Lipinski definition) is 1. The Morgan fingerprint density at radius 2 is 2.00 bits per heavy atom. The summed E-state index contributed by atoms with van der Waals surface area (Å²) in [5, 5.41) is 0. The summed E-state index contributed by atoms with van der Waals surface area (Å²) in [5.41, 5.74) is 5.65. The Kier molecular flexibility index (Phi) is 4.33. The standard InChI is InChI=1S/C12H16F2N2O2/c13-9-1-2-10(15)12(11(9)14)18-8-5-16-3-6-17-7-4-16/h1-2H,3-8,15H2. The van der Waals surface area contributed by atoms with Crippen molar-refractivity contribution in [3.8, 4) is 5.75 Å². The number of nitrogens with two attached hydrogens (primary N) is 1. The predicted molar refractivity (Wildman–Crippen MR) is 63.5 cm³/mol. The van der Waals surface area contributed by atoms with Gasteiger partial charge in [0.1, 0.15) is 6.61 Å². The van der Waals surface area contributed by atoms with Gasteiger partial charge in [0.15, 0.2) is 11.6 Å². The second kappa shape index (κ2) is 5.97. The van der Waals surface area contributed by atoms with E-state index < -0.39 is 11.6 Å². The maximum Gasteiger partial charge on any atom is 0.202 e. The van der Waals surface area contributed by atoms with Crippen molar-refractivity contribution in [2.45, 2.75) is 0 Å². The molecule has 4 nitrogen and oxygen atoms in total. The largest absolute Gasteiger partial charge is 0.487 e. The lowest BCUT2D eigenvalue weighted by Crippen LogP contribution is -2.38. The number of nitrogen functional groups attached to an aromatic ring is 1. The Morgan fingerprint density at radius 1 is 1.28 bits per heavy atom. The van der Waals surface area contributed by atoms with E-state index in [4.69, 9.17) is 15.2 Å². The van der Waals surface area contributed by atoms with Gasteiger partial charge < -0.3 is 15.2 Å². The third-order valence-electron chi connectivity index (χ3n) is 2.84. The van der Waals surface area contributed by atoms with Gasteiger partial charge in [0.2, 0.25) is 5.82 Å². The fourth-order valence-corrected chi connectivity index (χ4v) is 1.80. The molecule has 0 aromatic heterocycles. The molecule has 1 fully saturated rings. The minimum Gasteiger partial charge on any atom is -0.487 e. The molecule has 1 aliphatic rings. The van der Waals surface area contributed by atoms with Crippen molar-refractivity contribution >= 4 is 5.69 Å². The monoisotopic (exact) mass is 258 g/mol. The molecule has 0 atom stereocenters. The van der Waals surface area contributed by atoms with Crippen LogP contribution in [0.4, 0.5) is 14.5 Å². The van der Waals surface area contributed by atoms with Crippen molar-refractivity contribution < 1.29 is 18.3 Å². The molecule has 1 aliphatic heterocycles. The SMILES string of the molecule is Nc1ccc(F)c(F)c1OCCN1CCOCC1. The van der Waals surface area contributed by atoms with E-state index in [0.29, 0.717) is 19.8 Å². The van der Waals surface area contributed by atoms with E-state index in [-0.39, 0.29) is 18.0 Å². The van der Waals surface area contributed by atoms with Crippen molar-refractivity contribution in [3.63, 3.8) is 0 Å². The molecule has 1 aromatic rings. The van der Waals surface area contributed by atoms with Crippen LogP contribution in [0.1, 0.15) is 0 Å². The maximum absolute atomic E-state index is 13.4. The van der Waals surface area contributed by atoms with Gasteiger partial charge in [-0.2, -0.15) is 4.39 Å². The van der Waals surface area contributed by atoms with Gasteiger partial charge in [0.05, 0.1) is 18.9 Å². The third kappa shape index (κ3) is 3.08. The number of hydrogen-bond acceptors (Lipinski definition) is 4. The molecule has 1 heterocycles. The van der Waals surface area contributed by atoms with Crippen LogP contribution in [0.2, 0.25) is 0 Å². The Morgan fingerprint density at radius 3 is 2.72 bits per heavy atom. The third-order valence-corrected chi connectivity index (χ3v) is 2.84. The molecule has 0 spiro atoms. The Bertz CT molecular complexity index is 409. The minimum absolute atomic E-state index is 0.107. The number of benzene rings is 1. The van der Waals surface area contributed by atoms with Crippen LogP contribution in [0, 0.1) is 11.6 Å². The molecule has 0 saturated carbocycles. The Balaban J connectivity index is 1.88. The van der Waals surface area contributed by atoms with E-state index in [9.17, 15) is 8.78 Å². The van der Waals surface area contributed by atoms with Crippen LogP contribution in [-0.4, -0.2) is 44.4 Å². The fraction of sp³-hybridized carbons (Fsp3) is 0.500. The summed E-state index contributed by atoms with van der Waals surface area (Å²) in [6, 6.07) is 2.28. The number of rotatable bonds is 4. The molecule has 100 valence electrons. The first-order valence-corrected chi connectivity index (χ1v) is 5.85. The van der Waals surface area contributed by atoms with Crippen molar-refractivity contribution in [1.82, 2.24) is 4.90 Å². The fourth-order valence-electron chi connectivity index (χ4n) is 1.80. The van der Waals surface area contributed by atoms with Crippen LogP contribution in [0.5, 0.6) is 5.75 Å². The summed E-state index contributed by atoms with van der Waals surface area (Å²) in [6.45, 7) is 3.94. The van der Waals surface area contributed by atoms with Gasteiger partial charge in [0.25, 0.3) is 0 Å². The lowest BCUT2D eigenvalue weighted by Gasteiger charge is -2.26. The van der Waals surface area contributed by atoms with Crippen LogP contribution in [0.3, 0.4) is 0 Å². The van der Waals surface area contributed by atoms with Gasteiger partial charge in [0, 0.05) is 19.6 Å². The van der Waals surface area contributed by atoms with Crippen LogP contribution in [0.15, 0.2) is 12.1 Å². The average Bonchev–Trinajstić information content (AvgIpc) is 2.39. The van der Waals surface area contributed by atoms with Crippen molar-refractivity contribution in [2.24, 2.45) is 0 Å². The molecular weight excluding hydrogens is 242 g/mol. The molecule has 0 unspecified atom stereocenters. The van der Waals surface area contributed by atoms with Gasteiger partial charge in [-0.3, -0.25) is 4.90 Å². The quantitative estimate of drug-likeness (QED) is 0.826. The first-order chi connectivity index (χ1) is 8.68. The number of morpholine rings is 1. The molecule has 2 N–H and O–H groups in total. The number of halogens is 2. The van der Waals surface area contributed by atoms with Crippen LogP contribution < -0.4 is 10.5 Å². The van der Waals surface area contributed by atoms with Gasteiger partial charge in [-0.1, -0.05) is 0 Å². The molecule has 1 aromatic carbocycles. The van der Waals surface area contributed by atoms with Crippen molar-refractivity contribution in [1.29, 1.82) is 0 Å². The smallest absolute Gasteiger partial charge is 0.202 e. The highest BCUT2D eigenvalue weighted by atomic mass is 19.2. The lowest BCUT2D eigenvalue weighted by atomic mass is 10.3. The molecule has 1 saturated heterocycles. The maximum atomic E-state index is 13.4. The zero-order valence-corrected chi connectivity index (χ0v) is 9.99. The molecule has 6 heteroatoms. The van der Waals surface area contributed by atoms with E-state index in [1.807, 2.05) is 0 Å². The van der Waals surface area contributed by atoms with E-state index in [0.717, 1.165) is 19.2 Å². The summed E-state index contributed by atoms with van der Waals surface area (Å²) >= 11 is 0. The number of ether oxygens (including phenoxy) is 2. The number of nitrogens with zero attached hydrogens (tertiary/aromatic N) is 1. The highest BCUT2D eigenvalue weighted by molar-refractivity contribution is 5.53. The van der Waals surface area contributed by atoms with Gasteiger partial charge in [-0.05, 0) is 12.1 Å². The summed E-state index contributed by atoms with van der Waals surface area (Å²) < 4.78 is 36.9. The van der Waals surface area contributed by atoms with Crippen LogP contribution in [-0.2, 0) is 4.74 Å². The lowest BCUT2D eigenvalue weighted by molar-refractivity contribution is 0.0320. The molecule has 2 rings (SSSR count). The minimum atomic E-state index is -1.03. The second-order valence-corrected chi connectivity index (χ2v) is 4.08. The van der Waals surface area contributed by atoms with Crippen LogP contribution in [0.25, 0.3) is 0 Å². The molecule has 0 amide bonds. The summed E-state index contributed by atoms with van der Waals surface area (Å²) in [6.07, 6.45) is 0. The van der Waals surface area contributed by atoms with Gasteiger partial charge in [-0.25, -0.2) is 4.39 Å². The zero-order chi connectivity index (χ0) is 13.0. The average molecular weight is 258 g/mol. The Labute approximate surface area is 104 Å². The van der Waals surface area contributed by atoms with Gasteiger partial charge in [-0.15, -0.1) is 0 Å². The van der Waals surface area contributed by atoms with E-state index in [2.05, 4.69) is 4.90 Å². The summed E-state index contributed by atoms with van der Waals surface area (Å²) in [5.74, 6) is -2.19. The first-order valence-electron chi connectivity index (χ1n) is 5.85. The van der Waals surface area contributed by atoms with E-state index >= 15 is 0 Å². The van der Waals surface area contributed by atoms with Crippen molar-refractivity contribution in [2.75, 3.05) is 45.2 Å². The topological polar surface area (TPSA) is 47.7 Å². The summed E-state index contributed by atoms with van der Waals surface area (Å²) in [7, 11) is 0. The second-order valence-electron chi connectivity index (χ2n) is 4.08. The molecule has 0 bridgehead atoms. The predicted octanol–water partition coefficient (Wildman–Crippen LogP) is 1.26. The zero-order valence-electron chi connectivity index (χ0n) is 9.99. The normalized spacial score (nSPS) is 16.8.